The number of nitrogens with zero attached hydrogens (tertiary/aromatic N) is 2. The van der Waals surface area contributed by atoms with Crippen molar-refractivity contribution in [3.8, 4) is 0 Å². The Morgan fingerprint density at radius 2 is 2.33 bits per heavy atom. The van der Waals surface area contributed by atoms with Crippen LogP contribution in [-0.4, -0.2) is 33.1 Å². The highest BCUT2D eigenvalue weighted by molar-refractivity contribution is 5.93. The summed E-state index contributed by atoms with van der Waals surface area (Å²) in [6.07, 6.45) is -3.15. The minimum Gasteiger partial charge on any atom is -0.477 e. The average Bonchev–Trinajstić information content (AvgIpc) is 2.69. The highest BCUT2D eigenvalue weighted by Gasteiger charge is 2.46. The van der Waals surface area contributed by atoms with E-state index in [1.54, 1.807) is 6.92 Å². The summed E-state index contributed by atoms with van der Waals surface area (Å²) < 4.78 is 39.4. The summed E-state index contributed by atoms with van der Waals surface area (Å²) in [7, 11) is 0. The largest absolute Gasteiger partial charge is 0.477 e. The highest BCUT2D eigenvalue weighted by atomic mass is 19.4. The van der Waals surface area contributed by atoms with Crippen molar-refractivity contribution >= 4 is 11.8 Å². The second-order valence-corrected chi connectivity index (χ2v) is 4.20. The van der Waals surface area contributed by atoms with E-state index >= 15 is 0 Å². The number of rotatable bonds is 2. The van der Waals surface area contributed by atoms with Crippen LogP contribution < -0.4 is 5.32 Å². The van der Waals surface area contributed by atoms with Gasteiger partial charge in [0.2, 0.25) is 0 Å². The van der Waals surface area contributed by atoms with Gasteiger partial charge in [-0.3, -0.25) is 0 Å². The molecule has 2 rings (SSSR count). The standard InChI is InChI=1S/C10H12F3N3O2/c1-2-5-3-7(10(11,12)13)16-8(15-5)6(4-14-16)9(17)18/h4-5,7,15H,2-3H2,1H3,(H,17,18)/t5-,7-/m1/s1. The molecule has 18 heavy (non-hydrogen) atoms. The molecule has 1 aliphatic rings. The van der Waals surface area contributed by atoms with E-state index in [4.69, 9.17) is 5.11 Å². The molecule has 1 aliphatic heterocycles. The topological polar surface area (TPSA) is 67.2 Å². The van der Waals surface area contributed by atoms with E-state index in [2.05, 4.69) is 10.4 Å². The molecular weight excluding hydrogens is 251 g/mol. The van der Waals surface area contributed by atoms with Crippen molar-refractivity contribution < 1.29 is 23.1 Å². The monoisotopic (exact) mass is 263 g/mol. The first kappa shape index (κ1) is 12.7. The van der Waals surface area contributed by atoms with Gasteiger partial charge >= 0.3 is 12.1 Å². The lowest BCUT2D eigenvalue weighted by Gasteiger charge is -2.33. The van der Waals surface area contributed by atoms with Crippen LogP contribution in [-0.2, 0) is 0 Å². The van der Waals surface area contributed by atoms with Crippen LogP contribution in [0.4, 0.5) is 19.0 Å². The lowest BCUT2D eigenvalue weighted by molar-refractivity contribution is -0.173. The van der Waals surface area contributed by atoms with Crippen LogP contribution >= 0.6 is 0 Å². The fraction of sp³-hybridized carbons (Fsp3) is 0.600. The first-order chi connectivity index (χ1) is 8.34. The predicted octanol–water partition coefficient (Wildman–Crippen LogP) is 2.28. The number of aromatic nitrogens is 2. The van der Waals surface area contributed by atoms with Crippen molar-refractivity contribution in [2.45, 2.75) is 38.0 Å². The molecule has 0 spiro atoms. The molecule has 0 bridgehead atoms. The summed E-state index contributed by atoms with van der Waals surface area (Å²) in [5, 5.41) is 15.2. The van der Waals surface area contributed by atoms with Crippen LogP contribution in [0.25, 0.3) is 0 Å². The third kappa shape index (κ3) is 2.02. The van der Waals surface area contributed by atoms with Gasteiger partial charge in [0.1, 0.15) is 11.4 Å². The lowest BCUT2D eigenvalue weighted by atomic mass is 10.0. The van der Waals surface area contributed by atoms with Crippen LogP contribution in [0.2, 0.25) is 0 Å². The van der Waals surface area contributed by atoms with Crippen LogP contribution in [0.5, 0.6) is 0 Å². The van der Waals surface area contributed by atoms with Crippen LogP contribution in [0.3, 0.4) is 0 Å². The molecule has 2 N–H and O–H groups in total. The van der Waals surface area contributed by atoms with E-state index < -0.39 is 24.2 Å². The highest BCUT2D eigenvalue weighted by Crippen LogP contribution is 2.40. The molecule has 8 heteroatoms. The zero-order valence-electron chi connectivity index (χ0n) is 9.53. The summed E-state index contributed by atoms with van der Waals surface area (Å²) >= 11 is 0. The van der Waals surface area contributed by atoms with Crippen LogP contribution in [0.1, 0.15) is 36.2 Å². The van der Waals surface area contributed by atoms with Crippen LogP contribution in [0.15, 0.2) is 6.20 Å². The number of hydrogen-bond donors (Lipinski definition) is 2. The predicted molar refractivity (Wildman–Crippen MR) is 56.6 cm³/mol. The van der Waals surface area contributed by atoms with Gasteiger partial charge in [0.15, 0.2) is 6.04 Å². The van der Waals surface area contributed by atoms with Crippen molar-refractivity contribution in [1.82, 2.24) is 9.78 Å². The smallest absolute Gasteiger partial charge is 0.410 e. The van der Waals surface area contributed by atoms with E-state index in [1.807, 2.05) is 0 Å². The number of fused-ring (bicyclic) bond motifs is 1. The number of carbonyl (C=O) groups is 1. The minimum atomic E-state index is -4.44. The minimum absolute atomic E-state index is 0.0667. The summed E-state index contributed by atoms with van der Waals surface area (Å²) in [5.41, 5.74) is -0.234. The average molecular weight is 263 g/mol. The van der Waals surface area contributed by atoms with Crippen molar-refractivity contribution in [2.75, 3.05) is 5.32 Å². The first-order valence-electron chi connectivity index (χ1n) is 5.48. The third-order valence-electron chi connectivity index (χ3n) is 3.04. The molecule has 100 valence electrons. The molecule has 0 saturated heterocycles. The molecule has 0 fully saturated rings. The van der Waals surface area contributed by atoms with E-state index in [0.717, 1.165) is 10.9 Å². The fourth-order valence-electron chi connectivity index (χ4n) is 2.06. The van der Waals surface area contributed by atoms with Crippen molar-refractivity contribution in [2.24, 2.45) is 0 Å². The summed E-state index contributed by atoms with van der Waals surface area (Å²) in [5.74, 6) is -1.36. The number of anilines is 1. The van der Waals surface area contributed by atoms with Gasteiger partial charge in [-0.15, -0.1) is 0 Å². The fourth-order valence-corrected chi connectivity index (χ4v) is 2.06. The van der Waals surface area contributed by atoms with Gasteiger partial charge in [0.05, 0.1) is 6.20 Å². The molecule has 5 nitrogen and oxygen atoms in total. The second kappa shape index (κ2) is 4.18. The van der Waals surface area contributed by atoms with Gasteiger partial charge in [0.25, 0.3) is 0 Å². The number of halogens is 3. The van der Waals surface area contributed by atoms with E-state index in [-0.39, 0.29) is 17.8 Å². The van der Waals surface area contributed by atoms with Crippen molar-refractivity contribution in [1.29, 1.82) is 0 Å². The molecule has 2 heterocycles. The van der Waals surface area contributed by atoms with Gasteiger partial charge in [0, 0.05) is 6.04 Å². The molecule has 2 atom stereocenters. The number of aromatic carboxylic acids is 1. The quantitative estimate of drug-likeness (QED) is 0.859. The first-order valence-corrected chi connectivity index (χ1v) is 5.48. The summed E-state index contributed by atoms with van der Waals surface area (Å²) in [4.78, 5) is 10.9. The molecule has 1 aromatic rings. The molecule has 1 aromatic heterocycles. The van der Waals surface area contributed by atoms with Gasteiger partial charge in [-0.25, -0.2) is 9.48 Å². The Bertz CT molecular complexity index is 469. The zero-order chi connectivity index (χ0) is 13.5. The van der Waals surface area contributed by atoms with E-state index in [1.165, 1.54) is 0 Å². The van der Waals surface area contributed by atoms with Gasteiger partial charge in [-0.1, -0.05) is 6.92 Å². The molecule has 0 aliphatic carbocycles. The number of carboxylic acids is 1. The lowest BCUT2D eigenvalue weighted by Crippen LogP contribution is -2.39. The molecule has 0 unspecified atom stereocenters. The zero-order valence-corrected chi connectivity index (χ0v) is 9.53. The Kier molecular flexibility index (Phi) is 2.95. The molecule has 0 radical (unpaired) electrons. The molecule has 0 aromatic carbocycles. The van der Waals surface area contributed by atoms with Gasteiger partial charge < -0.3 is 10.4 Å². The van der Waals surface area contributed by atoms with E-state index in [0.29, 0.717) is 6.42 Å². The van der Waals surface area contributed by atoms with E-state index in [9.17, 15) is 18.0 Å². The number of nitrogens with one attached hydrogen (secondary N) is 1. The van der Waals surface area contributed by atoms with Gasteiger partial charge in [-0.2, -0.15) is 18.3 Å². The third-order valence-corrected chi connectivity index (χ3v) is 3.04. The Labute approximate surface area is 101 Å². The normalized spacial score (nSPS) is 23.3. The maximum Gasteiger partial charge on any atom is 0.410 e. The Morgan fingerprint density at radius 1 is 1.67 bits per heavy atom. The molecular formula is C10H12F3N3O2. The number of hydrogen-bond acceptors (Lipinski definition) is 3. The summed E-state index contributed by atoms with van der Waals surface area (Å²) in [6.45, 7) is 1.75. The maximum absolute atomic E-state index is 12.9. The number of carboxylic acid groups (broad SMARTS) is 1. The number of alkyl halides is 3. The SMILES string of the molecule is CC[C@@H]1C[C@H](C(F)(F)F)n2ncc(C(=O)O)c2N1. The molecule has 0 amide bonds. The van der Waals surface area contributed by atoms with Crippen molar-refractivity contribution in [3.63, 3.8) is 0 Å². The Hall–Kier alpha value is -1.73. The summed E-state index contributed by atoms with van der Waals surface area (Å²) in [6, 6.07) is -2.18. The second-order valence-electron chi connectivity index (χ2n) is 4.20. The Balaban J connectivity index is 2.47. The van der Waals surface area contributed by atoms with Crippen molar-refractivity contribution in [3.05, 3.63) is 11.8 Å². The maximum atomic E-state index is 12.9. The Morgan fingerprint density at radius 3 is 2.83 bits per heavy atom. The van der Waals surface area contributed by atoms with Gasteiger partial charge in [-0.05, 0) is 12.8 Å². The molecule has 0 saturated carbocycles. The van der Waals surface area contributed by atoms with Crippen LogP contribution in [0, 0.1) is 0 Å².